The number of carbonyl (C=O) groups is 17. The third-order valence-corrected chi connectivity index (χ3v) is 21.4. The molecule has 0 aromatic heterocycles. The van der Waals surface area contributed by atoms with Gasteiger partial charge in [-0.1, -0.05) is 86.6 Å². The van der Waals surface area contributed by atoms with E-state index in [1.165, 1.54) is 45.0 Å². The van der Waals surface area contributed by atoms with E-state index in [-0.39, 0.29) is 147 Å². The number of nitrogens with one attached hydrogen (secondary N) is 24. The largest absolute Gasteiger partial charge is 0.508 e. The first-order chi connectivity index (χ1) is 65.8. The van der Waals surface area contributed by atoms with E-state index in [4.69, 9.17) is 61.4 Å². The van der Waals surface area contributed by atoms with E-state index in [1.54, 1.807) is 60.7 Å². The summed E-state index contributed by atoms with van der Waals surface area (Å²) < 4.78 is 0. The van der Waals surface area contributed by atoms with Crippen molar-refractivity contribution in [2.45, 2.75) is 214 Å². The van der Waals surface area contributed by atoms with Crippen molar-refractivity contribution in [1.29, 1.82) is 27.0 Å². The van der Waals surface area contributed by atoms with Crippen LogP contribution < -0.4 is 135 Å². The Morgan fingerprint density at radius 3 is 1.09 bits per heavy atom. The Balaban J connectivity index is 1.56. The van der Waals surface area contributed by atoms with Gasteiger partial charge >= 0.3 is 11.9 Å². The molecule has 1 fully saturated rings. The van der Waals surface area contributed by atoms with Gasteiger partial charge in [0.2, 0.25) is 88.6 Å². The first-order valence-electron chi connectivity index (χ1n) is 44.7. The molecule has 15 atom stereocenters. The molecule has 0 unspecified atom stereocenters. The number of carboxylic acids is 2. The van der Waals surface area contributed by atoms with Gasteiger partial charge in [-0.25, -0.2) is 4.79 Å². The minimum absolute atomic E-state index is 0.00248. The number of hydrogen-bond acceptors (Lipinski definition) is 27. The number of likely N-dealkylation sites (tertiary alicyclic amines) is 1. The van der Waals surface area contributed by atoms with E-state index in [2.05, 4.69) is 101 Å². The van der Waals surface area contributed by atoms with Crippen LogP contribution in [0.5, 0.6) is 5.75 Å². The van der Waals surface area contributed by atoms with Crippen LogP contribution in [0.25, 0.3) is 0 Å². The zero-order chi connectivity index (χ0) is 104. The van der Waals surface area contributed by atoms with Gasteiger partial charge in [0.25, 0.3) is 0 Å². The number of amides is 15. The van der Waals surface area contributed by atoms with Gasteiger partial charge in [0.1, 0.15) is 90.3 Å². The van der Waals surface area contributed by atoms with E-state index >= 15 is 4.79 Å². The Bertz CT molecular complexity index is 4700. The summed E-state index contributed by atoms with van der Waals surface area (Å²) >= 11 is 0. The van der Waals surface area contributed by atoms with E-state index in [0.717, 1.165) is 4.90 Å². The molecule has 1 aliphatic rings. The second-order valence-electron chi connectivity index (χ2n) is 32.9. The molecule has 4 rings (SSSR count). The number of phenolic OH excluding ortho intramolecular Hbond substituents is 1. The highest BCUT2D eigenvalue weighted by Crippen LogP contribution is 2.22. The Morgan fingerprint density at radius 1 is 0.374 bits per heavy atom. The van der Waals surface area contributed by atoms with Gasteiger partial charge in [0.15, 0.2) is 29.8 Å². The van der Waals surface area contributed by atoms with Crippen LogP contribution >= 0.6 is 0 Å². The van der Waals surface area contributed by atoms with Crippen molar-refractivity contribution in [2.24, 2.45) is 40.3 Å². The fourth-order valence-corrected chi connectivity index (χ4v) is 14.0. The average molecular weight is 1960 g/mol. The monoisotopic (exact) mass is 1960 g/mol. The standard InChI is InChI=1S/C85H133N31O23/c1-44(2)65(78(136)114-61(43-119)75(133)106-52(21-11-31-98-82(89)90)69(127)109-55(80(138)139)24-14-34-101-85(95)96)115-70(128)53(22-12-32-99-83(91)92)107-74(132)59(41-117)112-66(124)45(3)103-77(135)62-25-15-35-116(62)79(137)54(23-13-33-100-84(93)94)108-76(134)60(42-118)113-73(131)57(37-47-18-8-5-9-19-47)111-72(130)58(38-48-26-28-49(120)29-27-48)110-71(129)56(36-46-16-6-4-7-17-46)104-63(121)40-102-68(126)51(20-10-30-97-81(87)88)105-67(125)50(86)39-64(122)123/h4-9,16-19,26-29,44-45,50-62,65,117-120H,10-15,20-25,30-43,86H2,1-3H3,(H,102,126)(H,103,135)(H,104,121)(H,105,125)(H,106,133)(H,107,132)(H,108,134)(H,109,127)(H,110,129)(H,111,130)(H,112,124)(H,113,131)(H,114,136)(H,115,128)(H,122,123)(H,138,139)(H4,87,88,97)(H4,89,90,98)(H4,91,92,99)(H4,93,94,100)(H4,95,96,101)/t45-,50-,51-,52-,53-,54-,55-,56-,57-,58-,59-,60-,61-,62-,65-/m0/s1. The Morgan fingerprint density at radius 2 is 0.698 bits per heavy atom. The van der Waals surface area contributed by atoms with Crippen LogP contribution in [0, 0.1) is 33.0 Å². The summed E-state index contributed by atoms with van der Waals surface area (Å²) in [7, 11) is 0. The van der Waals surface area contributed by atoms with Crippen LogP contribution in [0.3, 0.4) is 0 Å². The van der Waals surface area contributed by atoms with Crippen LogP contribution in [0.2, 0.25) is 0 Å². The molecule has 139 heavy (non-hydrogen) atoms. The van der Waals surface area contributed by atoms with Gasteiger partial charge in [-0.3, -0.25) is 104 Å². The number of aliphatic hydroxyl groups is 3. The van der Waals surface area contributed by atoms with Crippen molar-refractivity contribution < 1.29 is 112 Å². The molecule has 1 heterocycles. The number of aromatic hydroxyl groups is 1. The molecule has 54 nitrogen and oxygen atoms in total. The molecule has 3 aromatic carbocycles. The number of nitrogens with zero attached hydrogens (tertiary/aromatic N) is 1. The molecule has 0 radical (unpaired) electrons. The molecule has 0 spiro atoms. The summed E-state index contributed by atoms with van der Waals surface area (Å²) in [6, 6.07) is -2.41. The second-order valence-corrected chi connectivity index (χ2v) is 32.9. The number of carbonyl (C=O) groups excluding carboxylic acids is 15. The molecule has 54 heteroatoms. The maximum Gasteiger partial charge on any atom is 0.326 e. The van der Waals surface area contributed by atoms with Crippen molar-refractivity contribution in [3.8, 4) is 5.75 Å². The number of hydrogen-bond donors (Lipinski definition) is 36. The molecule has 42 N–H and O–H groups in total. The number of benzene rings is 3. The van der Waals surface area contributed by atoms with Crippen LogP contribution in [-0.2, 0) is 101 Å². The van der Waals surface area contributed by atoms with Gasteiger partial charge in [0.05, 0.1) is 38.8 Å². The summed E-state index contributed by atoms with van der Waals surface area (Å²) in [5, 5.41) is 146. The number of carboxylic acid groups (broad SMARTS) is 2. The van der Waals surface area contributed by atoms with Gasteiger partial charge in [-0.05, 0) is 119 Å². The first kappa shape index (κ1) is 116. The lowest BCUT2D eigenvalue weighted by Gasteiger charge is -2.31. The predicted molar refractivity (Wildman–Crippen MR) is 500 cm³/mol. The normalized spacial score (nSPS) is 15.0. The first-order valence-corrected chi connectivity index (χ1v) is 44.7. The van der Waals surface area contributed by atoms with Crippen LogP contribution in [-0.4, -0.2) is 322 Å². The highest BCUT2D eigenvalue weighted by molar-refractivity contribution is 6.01. The number of rotatable bonds is 62. The highest BCUT2D eigenvalue weighted by Gasteiger charge is 2.42. The molecule has 0 saturated carbocycles. The lowest BCUT2D eigenvalue weighted by atomic mass is 10.0. The van der Waals surface area contributed by atoms with E-state index < -0.39 is 254 Å². The molecule has 15 amide bonds. The fraction of sp³-hybridized carbons (Fsp3) is 0.529. The van der Waals surface area contributed by atoms with Gasteiger partial charge in [-0.2, -0.15) is 0 Å². The summed E-state index contributed by atoms with van der Waals surface area (Å²) in [6.07, 6.45) is -2.28. The molecule has 0 aliphatic carbocycles. The number of aliphatic carboxylic acids is 2. The molecule has 3 aromatic rings. The predicted octanol–water partition coefficient (Wildman–Crippen LogP) is -11.3. The summed E-state index contributed by atoms with van der Waals surface area (Å²) in [6.45, 7) is -0.125. The Kier molecular flexibility index (Phi) is 50.8. The van der Waals surface area contributed by atoms with Gasteiger partial charge in [-0.15, -0.1) is 0 Å². The molecule has 766 valence electrons. The quantitative estimate of drug-likeness (QED) is 0.0142. The van der Waals surface area contributed by atoms with Crippen LogP contribution in [0.15, 0.2) is 84.9 Å². The average Bonchev–Trinajstić information content (AvgIpc) is 1.75. The van der Waals surface area contributed by atoms with E-state index in [9.17, 15) is 107 Å². The number of nitrogens with two attached hydrogens (primary N) is 6. The van der Waals surface area contributed by atoms with E-state index in [0.29, 0.717) is 16.7 Å². The Labute approximate surface area is 799 Å². The van der Waals surface area contributed by atoms with Crippen LogP contribution in [0.4, 0.5) is 0 Å². The van der Waals surface area contributed by atoms with Crippen molar-refractivity contribution in [3.63, 3.8) is 0 Å². The molecule has 1 aliphatic heterocycles. The second kappa shape index (κ2) is 60.9. The van der Waals surface area contributed by atoms with Crippen molar-refractivity contribution in [2.75, 3.05) is 65.6 Å². The van der Waals surface area contributed by atoms with Gasteiger partial charge < -0.3 is 171 Å². The SMILES string of the molecule is CC(C)[C@H](NC(=O)[C@H](CCCNC(=N)N)NC(=O)[C@H](CO)NC(=O)[C@H](C)NC(=O)[C@@H]1CCCN1C(=O)[C@H](CCCNC(=N)N)NC(=O)[C@H](CO)NC(=O)[C@H](Cc1ccccc1)NC(=O)[C@H](Cc1ccc(O)cc1)NC(=O)[C@H](Cc1ccccc1)NC(=O)CNC(=O)[C@H](CCCNC(=N)N)NC(=O)[C@@H](N)CC(=O)O)C(=O)N[C@@H](CO)C(=O)N[C@@H](CCCNC(=N)N)C(=O)N[C@@H](CCCNC(=N)N)C(=O)O. The number of guanidine groups is 5. The third-order valence-electron chi connectivity index (χ3n) is 21.4. The summed E-state index contributed by atoms with van der Waals surface area (Å²) in [5.41, 5.74) is 34.1. The highest BCUT2D eigenvalue weighted by atomic mass is 16.4. The smallest absolute Gasteiger partial charge is 0.326 e. The van der Waals surface area contributed by atoms with Crippen molar-refractivity contribution in [1.82, 2.24) is 106 Å². The van der Waals surface area contributed by atoms with E-state index in [1.807, 2.05) is 0 Å². The topological polar surface area (TPSA) is 919 Å². The summed E-state index contributed by atoms with van der Waals surface area (Å²) in [5.74, 6) is -21.6. The third kappa shape index (κ3) is 43.5. The zero-order valence-corrected chi connectivity index (χ0v) is 77.2. The molecule has 1 saturated heterocycles. The molecule has 0 bridgehead atoms. The molecular formula is C85H133N31O23. The van der Waals surface area contributed by atoms with Crippen molar-refractivity contribution in [3.05, 3.63) is 102 Å². The maximum absolute atomic E-state index is 15.0. The lowest BCUT2D eigenvalue weighted by Crippen LogP contribution is -2.62. The Hall–Kier alpha value is -15.4. The minimum Gasteiger partial charge on any atom is -0.508 e. The fourth-order valence-electron chi connectivity index (χ4n) is 14.0. The number of phenols is 1. The molecular weight excluding hydrogens is 1820 g/mol. The zero-order valence-electron chi connectivity index (χ0n) is 77.2. The number of aliphatic hydroxyl groups excluding tert-OH is 3. The van der Waals surface area contributed by atoms with Gasteiger partial charge in [0, 0.05) is 58.5 Å². The maximum atomic E-state index is 15.0. The lowest BCUT2D eigenvalue weighted by molar-refractivity contribution is -0.143. The van der Waals surface area contributed by atoms with Crippen molar-refractivity contribution >= 4 is 130 Å². The van der Waals surface area contributed by atoms with Crippen LogP contribution in [0.1, 0.15) is 121 Å². The summed E-state index contributed by atoms with van der Waals surface area (Å²) in [4.78, 5) is 238. The minimum atomic E-state index is -1.92.